The van der Waals surface area contributed by atoms with Gasteiger partial charge in [0, 0.05) is 34.7 Å². The van der Waals surface area contributed by atoms with Crippen molar-refractivity contribution in [1.29, 1.82) is 0 Å². The van der Waals surface area contributed by atoms with Gasteiger partial charge in [-0.3, -0.25) is 15.1 Å². The van der Waals surface area contributed by atoms with E-state index in [4.69, 9.17) is 19.3 Å². The van der Waals surface area contributed by atoms with Gasteiger partial charge in [-0.25, -0.2) is 4.68 Å². The van der Waals surface area contributed by atoms with E-state index in [1.54, 1.807) is 44.3 Å². The van der Waals surface area contributed by atoms with Crippen molar-refractivity contribution >= 4 is 27.5 Å². The van der Waals surface area contributed by atoms with Crippen LogP contribution >= 0.6 is 0 Å². The van der Waals surface area contributed by atoms with Crippen LogP contribution < -0.4 is 14.2 Å². The Kier molecular flexibility index (Phi) is 5.21. The van der Waals surface area contributed by atoms with E-state index < -0.39 is 4.92 Å². The van der Waals surface area contributed by atoms with E-state index in [2.05, 4.69) is 4.98 Å². The van der Waals surface area contributed by atoms with Gasteiger partial charge in [-0.2, -0.15) is 5.10 Å². The molecule has 0 atom stereocenters. The number of nitrogens with zero attached hydrogens (tertiary/aromatic N) is 4. The smallest absolute Gasteiger partial charge is 0.271 e. The van der Waals surface area contributed by atoms with Crippen LogP contribution in [0, 0.1) is 10.1 Å². The fraction of sp³-hybridized carbons (Fsp3) is 0.120. The summed E-state index contributed by atoms with van der Waals surface area (Å²) in [5.41, 5.74) is 3.48. The zero-order chi connectivity index (χ0) is 23.8. The molecule has 2 aromatic heterocycles. The summed E-state index contributed by atoms with van der Waals surface area (Å²) in [6.07, 6.45) is 1.76. The summed E-state index contributed by atoms with van der Waals surface area (Å²) in [4.78, 5) is 15.6. The molecule has 5 aromatic rings. The van der Waals surface area contributed by atoms with Gasteiger partial charge in [0.15, 0.2) is 11.5 Å². The van der Waals surface area contributed by atoms with Gasteiger partial charge in [0.05, 0.1) is 43.0 Å². The third-order valence-electron chi connectivity index (χ3n) is 5.66. The van der Waals surface area contributed by atoms with Crippen molar-refractivity contribution in [2.75, 3.05) is 21.3 Å². The second-order valence-corrected chi connectivity index (χ2v) is 7.51. The largest absolute Gasteiger partial charge is 0.497 e. The Morgan fingerprint density at radius 1 is 0.882 bits per heavy atom. The Morgan fingerprint density at radius 3 is 2.44 bits per heavy atom. The van der Waals surface area contributed by atoms with Gasteiger partial charge in [-0.15, -0.1) is 0 Å². The maximum absolute atomic E-state index is 11.4. The Hall–Kier alpha value is -4.66. The molecule has 5 rings (SSSR count). The second kappa shape index (κ2) is 8.36. The molecule has 0 radical (unpaired) electrons. The lowest BCUT2D eigenvalue weighted by Crippen LogP contribution is -1.99. The molecule has 0 spiro atoms. The van der Waals surface area contributed by atoms with E-state index in [0.29, 0.717) is 28.6 Å². The van der Waals surface area contributed by atoms with Gasteiger partial charge in [-0.1, -0.05) is 6.07 Å². The van der Waals surface area contributed by atoms with E-state index in [1.165, 1.54) is 12.1 Å². The summed E-state index contributed by atoms with van der Waals surface area (Å²) in [6.45, 7) is 0. The van der Waals surface area contributed by atoms with Crippen molar-refractivity contribution in [3.8, 4) is 34.2 Å². The molecule has 0 N–H and O–H groups in total. The molecule has 0 unspecified atom stereocenters. The minimum Gasteiger partial charge on any atom is -0.497 e. The number of fused-ring (bicyclic) bond motifs is 3. The Balaban J connectivity index is 1.86. The molecule has 0 aliphatic rings. The van der Waals surface area contributed by atoms with Gasteiger partial charge >= 0.3 is 0 Å². The average molecular weight is 456 g/mol. The second-order valence-electron chi connectivity index (χ2n) is 7.51. The first-order valence-corrected chi connectivity index (χ1v) is 10.4. The van der Waals surface area contributed by atoms with Gasteiger partial charge in [0.25, 0.3) is 5.69 Å². The average Bonchev–Trinajstić information content (AvgIpc) is 3.28. The highest BCUT2D eigenvalue weighted by Crippen LogP contribution is 2.38. The third kappa shape index (κ3) is 3.43. The van der Waals surface area contributed by atoms with Crippen LogP contribution in [0.25, 0.3) is 38.8 Å². The number of hydrogen-bond donors (Lipinski definition) is 0. The van der Waals surface area contributed by atoms with Crippen LogP contribution in [-0.2, 0) is 0 Å². The number of pyridine rings is 1. The van der Waals surface area contributed by atoms with E-state index in [0.717, 1.165) is 27.4 Å². The molecular weight excluding hydrogens is 436 g/mol. The van der Waals surface area contributed by atoms with E-state index in [1.807, 2.05) is 36.4 Å². The number of hydrogen-bond acceptors (Lipinski definition) is 7. The summed E-state index contributed by atoms with van der Waals surface area (Å²) in [5.74, 6) is 1.83. The van der Waals surface area contributed by atoms with Crippen molar-refractivity contribution < 1.29 is 19.1 Å². The number of rotatable bonds is 6. The molecule has 34 heavy (non-hydrogen) atoms. The van der Waals surface area contributed by atoms with Crippen LogP contribution in [0.5, 0.6) is 17.2 Å². The zero-order valence-corrected chi connectivity index (χ0v) is 18.7. The molecule has 2 heterocycles. The molecule has 0 saturated carbocycles. The van der Waals surface area contributed by atoms with Crippen molar-refractivity contribution in [2.24, 2.45) is 0 Å². The number of ether oxygens (including phenoxy) is 3. The summed E-state index contributed by atoms with van der Waals surface area (Å²) >= 11 is 0. The summed E-state index contributed by atoms with van der Waals surface area (Å²) < 4.78 is 18.0. The molecule has 0 saturated heterocycles. The molecular formula is C25H20N4O5. The molecule has 9 heteroatoms. The third-order valence-corrected chi connectivity index (χ3v) is 5.66. The first kappa shape index (κ1) is 21.2. The molecule has 0 amide bonds. The van der Waals surface area contributed by atoms with Gasteiger partial charge in [0.1, 0.15) is 11.4 Å². The maximum Gasteiger partial charge on any atom is 0.271 e. The normalized spacial score (nSPS) is 11.0. The first-order chi connectivity index (χ1) is 16.5. The van der Waals surface area contributed by atoms with Crippen LogP contribution in [-0.4, -0.2) is 41.0 Å². The van der Waals surface area contributed by atoms with Gasteiger partial charge in [0.2, 0.25) is 0 Å². The van der Waals surface area contributed by atoms with Crippen LogP contribution in [0.1, 0.15) is 0 Å². The standard InChI is InChI=1S/C25H20N4O5/c1-32-18-8-9-21-19(13-18)25-20(14-26-21)24(15-7-10-22(33-2)23(11-15)34-3)27-28(25)16-5-4-6-17(12-16)29(30)31/h4-14H,1-3H3. The van der Waals surface area contributed by atoms with Crippen molar-refractivity contribution in [3.63, 3.8) is 0 Å². The molecule has 170 valence electrons. The zero-order valence-electron chi connectivity index (χ0n) is 18.7. The highest BCUT2D eigenvalue weighted by molar-refractivity contribution is 6.09. The summed E-state index contributed by atoms with van der Waals surface area (Å²) in [6, 6.07) is 17.5. The van der Waals surface area contributed by atoms with Crippen LogP contribution in [0.4, 0.5) is 5.69 Å². The fourth-order valence-corrected chi connectivity index (χ4v) is 4.01. The van der Waals surface area contributed by atoms with Gasteiger partial charge < -0.3 is 14.2 Å². The molecule has 3 aromatic carbocycles. The highest BCUT2D eigenvalue weighted by Gasteiger charge is 2.20. The monoisotopic (exact) mass is 456 g/mol. The molecule has 0 aliphatic carbocycles. The predicted octanol–water partition coefficient (Wildman–Crippen LogP) is 5.17. The summed E-state index contributed by atoms with van der Waals surface area (Å²) in [5, 5.41) is 17.9. The van der Waals surface area contributed by atoms with Crippen LogP contribution in [0.2, 0.25) is 0 Å². The number of methoxy groups -OCH3 is 3. The number of aromatic nitrogens is 3. The number of benzene rings is 3. The number of nitro groups is 1. The Labute approximate surface area is 194 Å². The number of non-ortho nitro benzene ring substituents is 1. The SMILES string of the molecule is COc1ccc2ncc3c(-c4ccc(OC)c(OC)c4)nn(-c4cccc([N+](=O)[O-])c4)c3c2c1. The first-order valence-electron chi connectivity index (χ1n) is 10.4. The highest BCUT2D eigenvalue weighted by atomic mass is 16.6. The molecule has 0 fully saturated rings. The van der Waals surface area contributed by atoms with Crippen molar-refractivity contribution in [1.82, 2.24) is 14.8 Å². The Morgan fingerprint density at radius 2 is 1.71 bits per heavy atom. The van der Waals surface area contributed by atoms with Gasteiger partial charge in [-0.05, 0) is 42.5 Å². The lowest BCUT2D eigenvalue weighted by atomic mass is 10.1. The minimum atomic E-state index is -0.423. The van der Waals surface area contributed by atoms with Crippen molar-refractivity contribution in [2.45, 2.75) is 0 Å². The quantitative estimate of drug-likeness (QED) is 0.256. The predicted molar refractivity (Wildman–Crippen MR) is 128 cm³/mol. The Bertz CT molecular complexity index is 1560. The fourth-order valence-electron chi connectivity index (χ4n) is 4.01. The lowest BCUT2D eigenvalue weighted by molar-refractivity contribution is -0.384. The lowest BCUT2D eigenvalue weighted by Gasteiger charge is -2.08. The topological polar surface area (TPSA) is 102 Å². The van der Waals surface area contributed by atoms with E-state index >= 15 is 0 Å². The molecule has 9 nitrogen and oxygen atoms in total. The summed E-state index contributed by atoms with van der Waals surface area (Å²) in [7, 11) is 4.75. The van der Waals surface area contributed by atoms with Crippen LogP contribution in [0.15, 0.2) is 66.9 Å². The van der Waals surface area contributed by atoms with Crippen LogP contribution in [0.3, 0.4) is 0 Å². The maximum atomic E-state index is 11.4. The molecule has 0 bridgehead atoms. The number of nitro benzene ring substituents is 1. The minimum absolute atomic E-state index is 0.0234. The van der Waals surface area contributed by atoms with E-state index in [9.17, 15) is 10.1 Å². The van der Waals surface area contributed by atoms with Crippen molar-refractivity contribution in [3.05, 3.63) is 77.0 Å². The van der Waals surface area contributed by atoms with E-state index in [-0.39, 0.29) is 5.69 Å². The molecule has 0 aliphatic heterocycles.